The molecule has 0 saturated carbocycles. The number of nitrogen functional groups attached to an aromatic ring is 1. The Morgan fingerprint density at radius 2 is 1.05 bits per heavy atom. The van der Waals surface area contributed by atoms with Crippen LogP contribution in [0.15, 0.2) is 89.7 Å². The fourth-order valence-corrected chi connectivity index (χ4v) is 5.00. The lowest BCUT2D eigenvalue weighted by molar-refractivity contribution is 0.0953. The molecule has 4 heterocycles. The number of sulfone groups is 2. The van der Waals surface area contributed by atoms with Crippen LogP contribution in [0, 0.1) is 0 Å². The minimum absolute atomic E-state index is 0.0423. The number of nitrogens with zero attached hydrogens (tertiary/aromatic N) is 8. The third-order valence-corrected chi connectivity index (χ3v) is 7.41. The highest BCUT2D eigenvalue weighted by atomic mass is 32.2. The van der Waals surface area contributed by atoms with Crippen molar-refractivity contribution in [1.29, 1.82) is 0 Å². The summed E-state index contributed by atoms with van der Waals surface area (Å²) < 4.78 is 48.3. The van der Waals surface area contributed by atoms with Gasteiger partial charge in [0, 0.05) is 68.1 Å². The van der Waals surface area contributed by atoms with Crippen LogP contribution in [0.4, 0.5) is 0 Å². The summed E-state index contributed by atoms with van der Waals surface area (Å²) in [6.45, 7) is 0. The molecule has 17 heteroatoms. The molecule has 1 aromatic carbocycles. The number of aromatic nitrogens is 8. The number of carbonyl (C=O) groups is 1. The van der Waals surface area contributed by atoms with Gasteiger partial charge in [-0.25, -0.2) is 22.7 Å². The maximum absolute atomic E-state index is 11.4. The number of hydrogen-bond acceptors (Lipinski definition) is 12. The van der Waals surface area contributed by atoms with Crippen LogP contribution in [-0.4, -0.2) is 74.8 Å². The molecular formula is C25H28N10O5S2. The Bertz CT molecular complexity index is 1730. The summed E-state index contributed by atoms with van der Waals surface area (Å²) in [5, 5.41) is 15.0. The first-order valence-corrected chi connectivity index (χ1v) is 15.7. The number of nitrogens with one attached hydrogen (secondary N) is 1. The van der Waals surface area contributed by atoms with E-state index in [1.165, 1.54) is 9.13 Å². The maximum Gasteiger partial charge on any atom is 0.265 e. The lowest BCUT2D eigenvalue weighted by Gasteiger charge is -2.01. The van der Waals surface area contributed by atoms with Crippen molar-refractivity contribution < 1.29 is 21.6 Å². The van der Waals surface area contributed by atoms with E-state index < -0.39 is 19.7 Å². The van der Waals surface area contributed by atoms with Crippen molar-refractivity contribution in [2.45, 2.75) is 10.3 Å². The van der Waals surface area contributed by atoms with Gasteiger partial charge in [0.25, 0.3) is 5.91 Å². The molecule has 0 radical (unpaired) electrons. The molecule has 42 heavy (non-hydrogen) atoms. The van der Waals surface area contributed by atoms with Crippen molar-refractivity contribution in [2.75, 3.05) is 12.5 Å². The minimum Gasteiger partial charge on any atom is -0.301 e. The van der Waals surface area contributed by atoms with Crippen LogP contribution in [0.5, 0.6) is 0 Å². The SMILES string of the molecule is Cn1c(-c2ccncc2)nnc1S(C)(=O)=O.Cn1c(-c2ccncc2)nnc1S(C)(=O)=O.NNC(=O)c1ccccc1. The smallest absolute Gasteiger partial charge is 0.265 e. The Morgan fingerprint density at radius 3 is 1.36 bits per heavy atom. The zero-order valence-corrected chi connectivity index (χ0v) is 24.7. The summed E-state index contributed by atoms with van der Waals surface area (Å²) in [4.78, 5) is 18.5. The van der Waals surface area contributed by atoms with E-state index in [2.05, 4.69) is 30.4 Å². The van der Waals surface area contributed by atoms with E-state index in [4.69, 9.17) is 5.84 Å². The van der Waals surface area contributed by atoms with Gasteiger partial charge in [0.2, 0.25) is 30.0 Å². The standard InChI is InChI=1S/2C9H10N4O2S.C7H8N2O/c2*1-13-8(7-3-5-10-6-4-7)11-12-9(13)16(2,14)15;8-9-7(10)6-4-2-1-3-5-6/h2*3-6H,1-2H3;1-5H,8H2,(H,9,10). The molecule has 0 aliphatic rings. The molecule has 0 fully saturated rings. The molecule has 0 saturated heterocycles. The average Bonchev–Trinajstić information content (AvgIpc) is 3.57. The molecule has 220 valence electrons. The number of nitrogens with two attached hydrogens (primary N) is 1. The van der Waals surface area contributed by atoms with E-state index >= 15 is 0 Å². The van der Waals surface area contributed by atoms with E-state index in [-0.39, 0.29) is 16.2 Å². The number of amides is 1. The van der Waals surface area contributed by atoms with Crippen molar-refractivity contribution in [3.8, 4) is 22.8 Å². The van der Waals surface area contributed by atoms with Crippen LogP contribution in [-0.2, 0) is 33.8 Å². The van der Waals surface area contributed by atoms with Crippen molar-refractivity contribution in [3.63, 3.8) is 0 Å². The van der Waals surface area contributed by atoms with Gasteiger partial charge in [-0.2, -0.15) is 0 Å². The summed E-state index contributed by atoms with van der Waals surface area (Å²) in [6.07, 6.45) is 8.67. The van der Waals surface area contributed by atoms with Crippen molar-refractivity contribution >= 4 is 25.6 Å². The van der Waals surface area contributed by atoms with Gasteiger partial charge in [-0.15, -0.1) is 20.4 Å². The van der Waals surface area contributed by atoms with E-state index in [1.807, 2.05) is 11.5 Å². The average molecular weight is 613 g/mol. The van der Waals surface area contributed by atoms with Crippen LogP contribution in [0.1, 0.15) is 10.4 Å². The maximum atomic E-state index is 11.4. The van der Waals surface area contributed by atoms with Crippen LogP contribution < -0.4 is 11.3 Å². The highest BCUT2D eigenvalue weighted by Crippen LogP contribution is 2.18. The predicted molar refractivity (Wildman–Crippen MR) is 153 cm³/mol. The number of hydrazine groups is 1. The summed E-state index contributed by atoms with van der Waals surface area (Å²) in [6, 6.07) is 15.8. The second kappa shape index (κ2) is 13.7. The number of pyridine rings is 2. The Labute approximate surface area is 242 Å². The largest absolute Gasteiger partial charge is 0.301 e. The minimum atomic E-state index is -3.35. The zero-order chi connectivity index (χ0) is 30.9. The van der Waals surface area contributed by atoms with Gasteiger partial charge in [-0.1, -0.05) is 18.2 Å². The number of benzene rings is 1. The third kappa shape index (κ3) is 8.09. The monoisotopic (exact) mass is 612 g/mol. The first-order chi connectivity index (χ1) is 19.8. The van der Waals surface area contributed by atoms with Crippen molar-refractivity contribution in [2.24, 2.45) is 19.9 Å². The Balaban J connectivity index is 0.000000178. The number of rotatable bonds is 5. The quantitative estimate of drug-likeness (QED) is 0.161. The molecule has 5 aromatic rings. The summed E-state index contributed by atoms with van der Waals surface area (Å²) in [7, 11) is -3.46. The highest BCUT2D eigenvalue weighted by molar-refractivity contribution is 7.90. The molecule has 15 nitrogen and oxygen atoms in total. The molecule has 1 amide bonds. The van der Waals surface area contributed by atoms with Gasteiger partial charge in [0.15, 0.2) is 11.6 Å². The van der Waals surface area contributed by atoms with Gasteiger partial charge in [-0.05, 0) is 36.4 Å². The zero-order valence-electron chi connectivity index (χ0n) is 23.0. The first-order valence-electron chi connectivity index (χ1n) is 11.9. The molecule has 4 aromatic heterocycles. The van der Waals surface area contributed by atoms with Crippen molar-refractivity contribution in [1.82, 2.24) is 44.9 Å². The van der Waals surface area contributed by atoms with Gasteiger partial charge in [-0.3, -0.25) is 20.2 Å². The summed E-state index contributed by atoms with van der Waals surface area (Å²) >= 11 is 0. The topological polar surface area (TPSA) is 211 Å². The first kappa shape index (κ1) is 31.7. The van der Waals surface area contributed by atoms with Crippen LogP contribution in [0.25, 0.3) is 22.8 Å². The molecule has 0 spiro atoms. The van der Waals surface area contributed by atoms with Gasteiger partial charge < -0.3 is 9.13 Å². The molecule has 0 unspecified atom stereocenters. The van der Waals surface area contributed by atoms with E-state index in [1.54, 1.807) is 87.4 Å². The summed E-state index contributed by atoms with van der Waals surface area (Å²) in [5.41, 5.74) is 4.17. The fourth-order valence-electron chi connectivity index (χ4n) is 3.45. The molecular weight excluding hydrogens is 584 g/mol. The van der Waals surface area contributed by atoms with E-state index in [0.29, 0.717) is 17.2 Å². The Kier molecular flexibility index (Phi) is 10.3. The number of carbonyl (C=O) groups excluding carboxylic acids is 1. The van der Waals surface area contributed by atoms with Gasteiger partial charge >= 0.3 is 0 Å². The van der Waals surface area contributed by atoms with E-state index in [0.717, 1.165) is 23.6 Å². The third-order valence-electron chi connectivity index (χ3n) is 5.38. The molecule has 5 rings (SSSR count). The predicted octanol–water partition coefficient (Wildman–Crippen LogP) is 0.851. The normalized spacial score (nSPS) is 11.0. The summed E-state index contributed by atoms with van der Waals surface area (Å²) in [5.74, 6) is 5.65. The van der Waals surface area contributed by atoms with E-state index in [9.17, 15) is 21.6 Å². The molecule has 0 aliphatic carbocycles. The van der Waals surface area contributed by atoms with Crippen molar-refractivity contribution in [3.05, 3.63) is 84.9 Å². The lowest BCUT2D eigenvalue weighted by atomic mass is 10.2. The molecule has 0 aliphatic heterocycles. The Hall–Kier alpha value is -4.87. The van der Waals surface area contributed by atoms with Crippen LogP contribution >= 0.6 is 0 Å². The number of hydrogen-bond donors (Lipinski definition) is 2. The second-order valence-corrected chi connectivity index (χ2v) is 12.4. The fraction of sp³-hybridized carbons (Fsp3) is 0.160. The molecule has 0 atom stereocenters. The highest BCUT2D eigenvalue weighted by Gasteiger charge is 2.19. The lowest BCUT2D eigenvalue weighted by Crippen LogP contribution is -2.29. The molecule has 3 N–H and O–H groups in total. The van der Waals surface area contributed by atoms with Crippen LogP contribution in [0.3, 0.4) is 0 Å². The second-order valence-electron chi connectivity index (χ2n) is 8.59. The van der Waals surface area contributed by atoms with Gasteiger partial charge in [0.1, 0.15) is 0 Å². The Morgan fingerprint density at radius 1 is 0.667 bits per heavy atom. The molecule has 0 bridgehead atoms. The van der Waals surface area contributed by atoms with Crippen LogP contribution in [0.2, 0.25) is 0 Å². The van der Waals surface area contributed by atoms with Gasteiger partial charge in [0.05, 0.1) is 0 Å².